The van der Waals surface area contributed by atoms with Crippen molar-refractivity contribution in [2.45, 2.75) is 19.4 Å². The number of aliphatic hydroxyl groups excluding tert-OH is 1. The Morgan fingerprint density at radius 1 is 1.54 bits per heavy atom. The largest absolute Gasteiger partial charge is 0.392 e. The first-order valence-corrected chi connectivity index (χ1v) is 4.66. The fourth-order valence-corrected chi connectivity index (χ4v) is 1.29. The van der Waals surface area contributed by atoms with Crippen LogP contribution in [0.2, 0.25) is 0 Å². The van der Waals surface area contributed by atoms with Crippen molar-refractivity contribution in [3.63, 3.8) is 0 Å². The predicted molar refractivity (Wildman–Crippen MR) is 51.6 cm³/mol. The van der Waals surface area contributed by atoms with Gasteiger partial charge in [0.15, 0.2) is 0 Å². The third-order valence-electron chi connectivity index (χ3n) is 2.01. The highest BCUT2D eigenvalue weighted by Crippen LogP contribution is 2.14. The smallest absolute Gasteiger partial charge is 0.126 e. The Bertz CT molecular complexity index is 288. The summed E-state index contributed by atoms with van der Waals surface area (Å²) in [4.78, 5) is 0. The van der Waals surface area contributed by atoms with Gasteiger partial charge in [0.25, 0.3) is 0 Å². The second kappa shape index (κ2) is 4.58. The van der Waals surface area contributed by atoms with Gasteiger partial charge in [-0.1, -0.05) is 12.1 Å². The van der Waals surface area contributed by atoms with E-state index in [2.05, 4.69) is 0 Å². The van der Waals surface area contributed by atoms with E-state index in [-0.39, 0.29) is 11.7 Å². The summed E-state index contributed by atoms with van der Waals surface area (Å²) < 4.78 is 13.0. The van der Waals surface area contributed by atoms with E-state index in [1.165, 1.54) is 6.07 Å². The molecule has 1 unspecified atom stereocenters. The van der Waals surface area contributed by atoms with Gasteiger partial charge < -0.3 is 5.11 Å². The summed E-state index contributed by atoms with van der Waals surface area (Å²) in [5.74, 6) is -0.0602. The average Bonchev–Trinajstić information content (AvgIpc) is 2.13. The molecule has 1 atom stereocenters. The van der Waals surface area contributed by atoms with E-state index >= 15 is 0 Å². The maximum atomic E-state index is 13.0. The minimum Gasteiger partial charge on any atom is -0.392 e. The fourth-order valence-electron chi connectivity index (χ4n) is 1.18. The monoisotopic (exact) mass is 202 g/mol. The first kappa shape index (κ1) is 10.5. The molecule has 0 radical (unpaired) electrons. The molecule has 0 fully saturated rings. The molecule has 3 heteroatoms. The Morgan fingerprint density at radius 2 is 2.23 bits per heavy atom. The van der Waals surface area contributed by atoms with Crippen LogP contribution in [0.4, 0.5) is 4.39 Å². The summed E-state index contributed by atoms with van der Waals surface area (Å²) >= 11 is 5.45. The molecule has 13 heavy (non-hydrogen) atoms. The van der Waals surface area contributed by atoms with Crippen LogP contribution in [-0.4, -0.2) is 17.1 Å². The van der Waals surface area contributed by atoms with Gasteiger partial charge in [-0.2, -0.15) is 0 Å². The van der Waals surface area contributed by atoms with Crippen molar-refractivity contribution < 1.29 is 9.50 Å². The summed E-state index contributed by atoms with van der Waals surface area (Å²) in [6.07, 6.45) is -0.185. The third-order valence-corrected chi connectivity index (χ3v) is 2.37. The summed E-state index contributed by atoms with van der Waals surface area (Å²) in [6.45, 7) is 1.70. The molecule has 0 heterocycles. The zero-order chi connectivity index (χ0) is 9.84. The second-order valence-corrected chi connectivity index (χ2v) is 3.34. The SMILES string of the molecule is Cc1c(F)cccc1CC(O)CCl. The topological polar surface area (TPSA) is 20.2 Å². The van der Waals surface area contributed by atoms with Crippen molar-refractivity contribution in [3.8, 4) is 0 Å². The van der Waals surface area contributed by atoms with Crippen molar-refractivity contribution in [1.29, 1.82) is 0 Å². The molecule has 1 aromatic rings. The molecule has 0 saturated heterocycles. The van der Waals surface area contributed by atoms with Gasteiger partial charge in [0.05, 0.1) is 6.10 Å². The van der Waals surface area contributed by atoms with E-state index in [0.717, 1.165) is 5.56 Å². The van der Waals surface area contributed by atoms with Gasteiger partial charge in [-0.3, -0.25) is 0 Å². The molecule has 0 spiro atoms. The van der Waals surface area contributed by atoms with Gasteiger partial charge in [-0.15, -0.1) is 11.6 Å². The molecule has 0 aliphatic heterocycles. The number of aliphatic hydroxyl groups is 1. The van der Waals surface area contributed by atoms with E-state index in [1.807, 2.05) is 0 Å². The minimum absolute atomic E-state index is 0.177. The molecule has 0 amide bonds. The third kappa shape index (κ3) is 2.68. The van der Waals surface area contributed by atoms with Crippen molar-refractivity contribution in [1.82, 2.24) is 0 Å². The lowest BCUT2D eigenvalue weighted by Gasteiger charge is -2.09. The van der Waals surface area contributed by atoms with E-state index < -0.39 is 6.10 Å². The van der Waals surface area contributed by atoms with Crippen molar-refractivity contribution in [2.75, 3.05) is 5.88 Å². The number of rotatable bonds is 3. The Morgan fingerprint density at radius 3 is 2.85 bits per heavy atom. The number of alkyl halides is 1. The molecule has 1 rings (SSSR count). The second-order valence-electron chi connectivity index (χ2n) is 3.04. The first-order valence-electron chi connectivity index (χ1n) is 4.13. The highest BCUT2D eigenvalue weighted by Gasteiger charge is 2.08. The van der Waals surface area contributed by atoms with Crippen LogP contribution in [0.3, 0.4) is 0 Å². The minimum atomic E-state index is -0.595. The van der Waals surface area contributed by atoms with Gasteiger partial charge in [0.2, 0.25) is 0 Å². The fraction of sp³-hybridized carbons (Fsp3) is 0.400. The number of hydrogen-bond donors (Lipinski definition) is 1. The van der Waals surface area contributed by atoms with Gasteiger partial charge in [-0.25, -0.2) is 4.39 Å². The van der Waals surface area contributed by atoms with E-state index in [0.29, 0.717) is 12.0 Å². The Balaban J connectivity index is 2.83. The van der Waals surface area contributed by atoms with Gasteiger partial charge in [-0.05, 0) is 30.5 Å². The number of hydrogen-bond acceptors (Lipinski definition) is 1. The van der Waals surface area contributed by atoms with E-state index in [1.54, 1.807) is 19.1 Å². The van der Waals surface area contributed by atoms with E-state index in [4.69, 9.17) is 11.6 Å². The van der Waals surface area contributed by atoms with Crippen LogP contribution in [-0.2, 0) is 6.42 Å². The number of halogens is 2. The van der Waals surface area contributed by atoms with Gasteiger partial charge in [0, 0.05) is 5.88 Å². The zero-order valence-corrected chi connectivity index (χ0v) is 8.18. The van der Waals surface area contributed by atoms with Crippen LogP contribution in [0, 0.1) is 12.7 Å². The van der Waals surface area contributed by atoms with Crippen molar-refractivity contribution in [3.05, 3.63) is 35.1 Å². The average molecular weight is 203 g/mol. The summed E-state index contributed by atoms with van der Waals surface area (Å²) in [6, 6.07) is 4.85. The van der Waals surface area contributed by atoms with Crippen LogP contribution < -0.4 is 0 Å². The molecule has 1 nitrogen and oxygen atoms in total. The molecular formula is C10H12ClFO. The molecule has 0 bridgehead atoms. The zero-order valence-electron chi connectivity index (χ0n) is 7.43. The Hall–Kier alpha value is -0.600. The Labute approximate surface area is 82.2 Å². The predicted octanol–water partition coefficient (Wildman–Crippen LogP) is 2.28. The molecule has 0 aromatic heterocycles. The van der Waals surface area contributed by atoms with Crippen LogP contribution in [0.25, 0.3) is 0 Å². The van der Waals surface area contributed by atoms with Crippen LogP contribution in [0.5, 0.6) is 0 Å². The molecular weight excluding hydrogens is 191 g/mol. The highest BCUT2D eigenvalue weighted by atomic mass is 35.5. The highest BCUT2D eigenvalue weighted by molar-refractivity contribution is 6.18. The maximum Gasteiger partial charge on any atom is 0.126 e. The van der Waals surface area contributed by atoms with Crippen molar-refractivity contribution in [2.24, 2.45) is 0 Å². The van der Waals surface area contributed by atoms with Crippen LogP contribution in [0.15, 0.2) is 18.2 Å². The molecule has 1 N–H and O–H groups in total. The van der Waals surface area contributed by atoms with Gasteiger partial charge >= 0.3 is 0 Å². The Kier molecular flexibility index (Phi) is 3.70. The molecule has 0 aliphatic carbocycles. The lowest BCUT2D eigenvalue weighted by Crippen LogP contribution is -2.13. The van der Waals surface area contributed by atoms with E-state index in [9.17, 15) is 9.50 Å². The molecule has 0 saturated carbocycles. The van der Waals surface area contributed by atoms with Crippen LogP contribution in [0.1, 0.15) is 11.1 Å². The lowest BCUT2D eigenvalue weighted by atomic mass is 10.0. The van der Waals surface area contributed by atoms with Crippen molar-refractivity contribution >= 4 is 11.6 Å². The molecule has 0 aliphatic rings. The maximum absolute atomic E-state index is 13.0. The summed E-state index contributed by atoms with van der Waals surface area (Å²) in [5, 5.41) is 9.27. The quantitative estimate of drug-likeness (QED) is 0.746. The van der Waals surface area contributed by atoms with Gasteiger partial charge in [0.1, 0.15) is 5.82 Å². The lowest BCUT2D eigenvalue weighted by molar-refractivity contribution is 0.198. The first-order chi connectivity index (χ1) is 6.15. The number of benzene rings is 1. The normalized spacial score (nSPS) is 12.9. The molecule has 72 valence electrons. The summed E-state index contributed by atoms with van der Waals surface area (Å²) in [7, 11) is 0. The summed E-state index contributed by atoms with van der Waals surface area (Å²) in [5.41, 5.74) is 1.40. The van der Waals surface area contributed by atoms with Crippen LogP contribution >= 0.6 is 11.6 Å². The standard InChI is InChI=1S/C10H12ClFO/c1-7-8(5-9(13)6-11)3-2-4-10(7)12/h2-4,9,13H,5-6H2,1H3. The molecule has 1 aromatic carbocycles.